The van der Waals surface area contributed by atoms with E-state index < -0.39 is 5.97 Å². The minimum atomic E-state index is -0.880. The monoisotopic (exact) mass is 299 g/mol. The van der Waals surface area contributed by atoms with Gasteiger partial charge in [0.2, 0.25) is 0 Å². The summed E-state index contributed by atoms with van der Waals surface area (Å²) in [7, 11) is 0. The second kappa shape index (κ2) is 9.60. The van der Waals surface area contributed by atoms with Gasteiger partial charge in [-0.15, -0.1) is 0 Å². The standard InChI is InChI=1S/C15H29N3O3/c1-3-7-13(10-14(19)20)17-15(21)16-12(2)11-18-8-5-4-6-9-18/h12-13H,3-11H2,1-2H3,(H,19,20)(H2,16,17,21). The Morgan fingerprint density at radius 1 is 1.19 bits per heavy atom. The molecule has 0 bridgehead atoms. The maximum Gasteiger partial charge on any atom is 0.315 e. The molecule has 1 rings (SSSR count). The number of aliphatic carboxylic acids is 1. The molecule has 0 spiro atoms. The molecule has 6 heteroatoms. The van der Waals surface area contributed by atoms with Gasteiger partial charge >= 0.3 is 12.0 Å². The van der Waals surface area contributed by atoms with E-state index in [4.69, 9.17) is 5.11 Å². The normalized spacial score (nSPS) is 18.8. The molecule has 2 amide bonds. The van der Waals surface area contributed by atoms with Crippen molar-refractivity contribution < 1.29 is 14.7 Å². The minimum absolute atomic E-state index is 0.0260. The van der Waals surface area contributed by atoms with Crippen LogP contribution in [0.4, 0.5) is 4.79 Å². The average molecular weight is 299 g/mol. The number of amides is 2. The predicted molar refractivity (Wildman–Crippen MR) is 82.4 cm³/mol. The van der Waals surface area contributed by atoms with E-state index >= 15 is 0 Å². The highest BCUT2D eigenvalue weighted by Gasteiger charge is 2.18. The van der Waals surface area contributed by atoms with Crippen molar-refractivity contribution in [3.05, 3.63) is 0 Å². The molecule has 0 aliphatic carbocycles. The molecule has 122 valence electrons. The quantitative estimate of drug-likeness (QED) is 0.638. The molecule has 1 heterocycles. The second-order valence-electron chi connectivity index (χ2n) is 5.96. The third-order valence-corrected chi connectivity index (χ3v) is 3.75. The van der Waals surface area contributed by atoms with Gasteiger partial charge in [-0.1, -0.05) is 19.8 Å². The number of rotatable bonds is 8. The number of piperidine rings is 1. The van der Waals surface area contributed by atoms with Gasteiger partial charge in [0, 0.05) is 18.6 Å². The summed E-state index contributed by atoms with van der Waals surface area (Å²) < 4.78 is 0. The van der Waals surface area contributed by atoms with Crippen molar-refractivity contribution in [1.82, 2.24) is 15.5 Å². The number of carboxylic acid groups (broad SMARTS) is 1. The maximum atomic E-state index is 11.9. The Morgan fingerprint density at radius 2 is 1.86 bits per heavy atom. The Balaban J connectivity index is 2.30. The first-order valence-corrected chi connectivity index (χ1v) is 8.02. The lowest BCUT2D eigenvalue weighted by atomic mass is 10.1. The fourth-order valence-electron chi connectivity index (χ4n) is 2.81. The Hall–Kier alpha value is -1.30. The van der Waals surface area contributed by atoms with Gasteiger partial charge in [0.1, 0.15) is 0 Å². The Morgan fingerprint density at radius 3 is 2.43 bits per heavy atom. The molecule has 0 aromatic heterocycles. The second-order valence-corrected chi connectivity index (χ2v) is 5.96. The van der Waals surface area contributed by atoms with Gasteiger partial charge in [-0.2, -0.15) is 0 Å². The number of nitrogens with one attached hydrogen (secondary N) is 2. The third kappa shape index (κ3) is 7.90. The van der Waals surface area contributed by atoms with Crippen LogP contribution in [-0.2, 0) is 4.79 Å². The summed E-state index contributed by atoms with van der Waals surface area (Å²) in [5.74, 6) is -0.880. The first kappa shape index (κ1) is 17.8. The average Bonchev–Trinajstić information content (AvgIpc) is 2.38. The number of carbonyl (C=O) groups excluding carboxylic acids is 1. The summed E-state index contributed by atoms with van der Waals surface area (Å²) in [5.41, 5.74) is 0. The fraction of sp³-hybridized carbons (Fsp3) is 0.867. The van der Waals surface area contributed by atoms with Crippen LogP contribution in [0.1, 0.15) is 52.4 Å². The lowest BCUT2D eigenvalue weighted by Gasteiger charge is -2.29. The third-order valence-electron chi connectivity index (χ3n) is 3.75. The van der Waals surface area contributed by atoms with Crippen molar-refractivity contribution in [2.45, 2.75) is 64.5 Å². The molecule has 1 aliphatic heterocycles. The predicted octanol–water partition coefficient (Wildman–Crippen LogP) is 1.80. The summed E-state index contributed by atoms with van der Waals surface area (Å²) >= 11 is 0. The molecule has 3 N–H and O–H groups in total. The smallest absolute Gasteiger partial charge is 0.315 e. The molecular formula is C15H29N3O3. The molecule has 0 aromatic carbocycles. The van der Waals surface area contributed by atoms with Gasteiger partial charge in [-0.05, 0) is 39.3 Å². The number of carbonyl (C=O) groups is 2. The van der Waals surface area contributed by atoms with E-state index in [2.05, 4.69) is 15.5 Å². The lowest BCUT2D eigenvalue weighted by Crippen LogP contribution is -2.49. The molecule has 2 atom stereocenters. The molecule has 1 saturated heterocycles. The highest BCUT2D eigenvalue weighted by atomic mass is 16.4. The number of nitrogens with zero attached hydrogens (tertiary/aromatic N) is 1. The van der Waals surface area contributed by atoms with E-state index in [0.717, 1.165) is 26.1 Å². The van der Waals surface area contributed by atoms with Crippen LogP contribution in [0.25, 0.3) is 0 Å². The van der Waals surface area contributed by atoms with Crippen LogP contribution in [0, 0.1) is 0 Å². The van der Waals surface area contributed by atoms with Crippen molar-refractivity contribution in [3.63, 3.8) is 0 Å². The molecule has 0 aromatic rings. The van der Waals surface area contributed by atoms with Gasteiger partial charge in [0.25, 0.3) is 0 Å². The molecular weight excluding hydrogens is 270 g/mol. The Bertz CT molecular complexity index is 330. The van der Waals surface area contributed by atoms with Crippen LogP contribution in [-0.4, -0.2) is 53.7 Å². The van der Waals surface area contributed by atoms with Gasteiger partial charge in [0.05, 0.1) is 6.42 Å². The van der Waals surface area contributed by atoms with E-state index in [1.54, 1.807) is 0 Å². The van der Waals surface area contributed by atoms with Crippen LogP contribution in [0.5, 0.6) is 0 Å². The fourth-order valence-corrected chi connectivity index (χ4v) is 2.81. The van der Waals surface area contributed by atoms with Crippen LogP contribution in [0.15, 0.2) is 0 Å². The molecule has 1 fully saturated rings. The molecule has 0 radical (unpaired) electrons. The zero-order valence-electron chi connectivity index (χ0n) is 13.2. The van der Waals surface area contributed by atoms with Gasteiger partial charge < -0.3 is 20.6 Å². The van der Waals surface area contributed by atoms with E-state index in [0.29, 0.717) is 6.42 Å². The largest absolute Gasteiger partial charge is 0.481 e. The van der Waals surface area contributed by atoms with E-state index in [1.807, 2.05) is 13.8 Å². The molecule has 1 aliphatic rings. The number of hydrogen-bond donors (Lipinski definition) is 3. The van der Waals surface area contributed by atoms with Crippen LogP contribution < -0.4 is 10.6 Å². The van der Waals surface area contributed by atoms with Crippen molar-refractivity contribution in [1.29, 1.82) is 0 Å². The Labute approximate surface area is 127 Å². The van der Waals surface area contributed by atoms with Crippen molar-refractivity contribution >= 4 is 12.0 Å². The number of hydrogen-bond acceptors (Lipinski definition) is 3. The first-order valence-electron chi connectivity index (χ1n) is 8.02. The van der Waals surface area contributed by atoms with Crippen molar-refractivity contribution in [2.24, 2.45) is 0 Å². The highest BCUT2D eigenvalue weighted by Crippen LogP contribution is 2.08. The van der Waals surface area contributed by atoms with Crippen LogP contribution in [0.2, 0.25) is 0 Å². The number of carboxylic acids is 1. The minimum Gasteiger partial charge on any atom is -0.481 e. The van der Waals surface area contributed by atoms with Crippen molar-refractivity contribution in [2.75, 3.05) is 19.6 Å². The van der Waals surface area contributed by atoms with E-state index in [9.17, 15) is 9.59 Å². The number of likely N-dealkylation sites (tertiary alicyclic amines) is 1. The molecule has 21 heavy (non-hydrogen) atoms. The van der Waals surface area contributed by atoms with Crippen molar-refractivity contribution in [3.8, 4) is 0 Å². The summed E-state index contributed by atoms with van der Waals surface area (Å²) in [6.07, 6.45) is 5.27. The SMILES string of the molecule is CCCC(CC(=O)O)NC(=O)NC(C)CN1CCCCC1. The van der Waals surface area contributed by atoms with Gasteiger partial charge in [0.15, 0.2) is 0 Å². The maximum absolute atomic E-state index is 11.9. The van der Waals surface area contributed by atoms with Gasteiger partial charge in [-0.25, -0.2) is 4.79 Å². The van der Waals surface area contributed by atoms with E-state index in [-0.39, 0.29) is 24.5 Å². The molecule has 0 saturated carbocycles. The lowest BCUT2D eigenvalue weighted by molar-refractivity contribution is -0.137. The highest BCUT2D eigenvalue weighted by molar-refractivity contribution is 5.76. The zero-order valence-corrected chi connectivity index (χ0v) is 13.2. The van der Waals surface area contributed by atoms with Crippen LogP contribution >= 0.6 is 0 Å². The van der Waals surface area contributed by atoms with Crippen LogP contribution in [0.3, 0.4) is 0 Å². The van der Waals surface area contributed by atoms with E-state index in [1.165, 1.54) is 19.3 Å². The van der Waals surface area contributed by atoms with Gasteiger partial charge in [-0.3, -0.25) is 4.79 Å². The summed E-state index contributed by atoms with van der Waals surface area (Å²) in [6.45, 7) is 7.02. The summed E-state index contributed by atoms with van der Waals surface area (Å²) in [5, 5.41) is 14.5. The first-order chi connectivity index (χ1) is 10.0. The molecule has 2 unspecified atom stereocenters. The summed E-state index contributed by atoms with van der Waals surface area (Å²) in [4.78, 5) is 25.1. The molecule has 6 nitrogen and oxygen atoms in total. The summed E-state index contributed by atoms with van der Waals surface area (Å²) in [6, 6.07) is -0.496. The Kier molecular flexibility index (Phi) is 8.12. The zero-order chi connectivity index (χ0) is 15.7. The topological polar surface area (TPSA) is 81.7 Å². The number of urea groups is 1.